The number of aryl methyl sites for hydroxylation is 1. The summed E-state index contributed by atoms with van der Waals surface area (Å²) in [6.45, 7) is 2.16. The molecule has 0 unspecified atom stereocenters. The molecule has 2 aliphatic heterocycles. The van der Waals surface area contributed by atoms with E-state index < -0.39 is 0 Å². The molecule has 0 fully saturated rings. The van der Waals surface area contributed by atoms with Gasteiger partial charge in [0.05, 0.1) is 0 Å². The highest BCUT2D eigenvalue weighted by atomic mass is 14.2. The monoisotopic (exact) mass is 312 g/mol. The van der Waals surface area contributed by atoms with Crippen molar-refractivity contribution >= 4 is 47.2 Å². The van der Waals surface area contributed by atoms with Crippen LogP contribution in [0.1, 0.15) is 5.56 Å². The molecule has 6 rings (SSSR count). The van der Waals surface area contributed by atoms with Crippen LogP contribution in [0.15, 0.2) is 66.7 Å². The number of hydrogen-bond donors (Lipinski definition) is 0. The maximum atomic E-state index is 2.37. The summed E-state index contributed by atoms with van der Waals surface area (Å²) in [6.07, 6.45) is 0. The second-order valence-electron chi connectivity index (χ2n) is 7.19. The Kier molecular flexibility index (Phi) is 2.53. The SMILES string of the molecule is Cc1ccc2cc3c(cc2c1)[B]c1cc2c(cc1-3)[B]c1ccccc1-2. The molecular formula is C23H14B2. The van der Waals surface area contributed by atoms with Crippen LogP contribution in [-0.4, -0.2) is 14.6 Å². The highest BCUT2D eigenvalue weighted by molar-refractivity contribution is 6.76. The number of fused-ring (bicyclic) bond motifs is 7. The molecule has 0 nitrogen and oxygen atoms in total. The Morgan fingerprint density at radius 3 is 2.08 bits per heavy atom. The van der Waals surface area contributed by atoms with Gasteiger partial charge in [0.25, 0.3) is 0 Å². The maximum Gasteiger partial charge on any atom is 0.193 e. The Morgan fingerprint density at radius 1 is 0.520 bits per heavy atom. The molecule has 0 aliphatic carbocycles. The van der Waals surface area contributed by atoms with E-state index in [-0.39, 0.29) is 0 Å². The third-order valence-electron chi connectivity index (χ3n) is 5.55. The minimum atomic E-state index is 1.31. The Hall–Kier alpha value is -2.73. The highest BCUT2D eigenvalue weighted by Gasteiger charge is 2.26. The van der Waals surface area contributed by atoms with Crippen LogP contribution in [0.2, 0.25) is 0 Å². The van der Waals surface area contributed by atoms with Crippen molar-refractivity contribution in [3.05, 3.63) is 72.3 Å². The van der Waals surface area contributed by atoms with Gasteiger partial charge in [0.2, 0.25) is 0 Å². The largest absolute Gasteiger partial charge is 0.193 e. The lowest BCUT2D eigenvalue weighted by Crippen LogP contribution is -2.24. The molecule has 4 aromatic carbocycles. The average Bonchev–Trinajstić information content (AvgIpc) is 3.15. The van der Waals surface area contributed by atoms with Crippen LogP contribution in [-0.2, 0) is 0 Å². The second-order valence-corrected chi connectivity index (χ2v) is 7.19. The second kappa shape index (κ2) is 4.67. The summed E-state index contributed by atoms with van der Waals surface area (Å²) in [5.74, 6) is 0. The van der Waals surface area contributed by atoms with Gasteiger partial charge in [-0.3, -0.25) is 0 Å². The van der Waals surface area contributed by atoms with Crippen LogP contribution >= 0.6 is 0 Å². The van der Waals surface area contributed by atoms with Crippen LogP contribution < -0.4 is 21.9 Å². The number of hydrogen-bond acceptors (Lipinski definition) is 0. The number of benzene rings is 4. The molecule has 112 valence electrons. The van der Waals surface area contributed by atoms with Crippen LogP contribution in [0.4, 0.5) is 0 Å². The molecule has 25 heavy (non-hydrogen) atoms. The lowest BCUT2D eigenvalue weighted by Gasteiger charge is -2.08. The van der Waals surface area contributed by atoms with Gasteiger partial charge < -0.3 is 0 Å². The Morgan fingerprint density at radius 2 is 1.20 bits per heavy atom. The fourth-order valence-corrected chi connectivity index (χ4v) is 4.33. The van der Waals surface area contributed by atoms with Crippen molar-refractivity contribution in [1.82, 2.24) is 0 Å². The zero-order valence-electron chi connectivity index (χ0n) is 14.0. The number of rotatable bonds is 0. The van der Waals surface area contributed by atoms with E-state index in [4.69, 9.17) is 0 Å². The topological polar surface area (TPSA) is 0 Å². The fraction of sp³-hybridized carbons (Fsp3) is 0.0435. The normalized spacial score (nSPS) is 12.8. The minimum Gasteiger partial charge on any atom is -0.0737 e. The molecule has 4 aromatic rings. The lowest BCUT2D eigenvalue weighted by molar-refractivity contribution is 1.51. The van der Waals surface area contributed by atoms with Gasteiger partial charge >= 0.3 is 0 Å². The molecule has 0 atom stereocenters. The summed E-state index contributed by atoms with van der Waals surface area (Å²) >= 11 is 0. The molecule has 0 amide bonds. The van der Waals surface area contributed by atoms with Crippen LogP contribution in [0.5, 0.6) is 0 Å². The molecular weight excluding hydrogens is 298 g/mol. The van der Waals surface area contributed by atoms with Crippen molar-refractivity contribution in [2.45, 2.75) is 6.92 Å². The third-order valence-corrected chi connectivity index (χ3v) is 5.55. The summed E-state index contributed by atoms with van der Waals surface area (Å²) < 4.78 is 0. The van der Waals surface area contributed by atoms with Crippen molar-refractivity contribution in [1.29, 1.82) is 0 Å². The van der Waals surface area contributed by atoms with Gasteiger partial charge in [0, 0.05) is 0 Å². The van der Waals surface area contributed by atoms with Crippen molar-refractivity contribution in [2.24, 2.45) is 0 Å². The first kappa shape index (κ1) is 13.5. The van der Waals surface area contributed by atoms with Crippen LogP contribution in [0.25, 0.3) is 33.0 Å². The predicted octanol–water partition coefficient (Wildman–Crippen LogP) is 2.42. The first-order chi connectivity index (χ1) is 12.3. The molecule has 2 radical (unpaired) electrons. The van der Waals surface area contributed by atoms with E-state index in [0.29, 0.717) is 0 Å². The van der Waals surface area contributed by atoms with Crippen molar-refractivity contribution in [3.63, 3.8) is 0 Å². The smallest absolute Gasteiger partial charge is 0.0737 e. The van der Waals surface area contributed by atoms with Gasteiger partial charge in [-0.1, -0.05) is 88.1 Å². The molecule has 0 spiro atoms. The van der Waals surface area contributed by atoms with Crippen molar-refractivity contribution < 1.29 is 0 Å². The van der Waals surface area contributed by atoms with E-state index in [2.05, 4.69) is 88.2 Å². The summed E-state index contributed by atoms with van der Waals surface area (Å²) in [5.41, 5.74) is 12.1. The standard InChI is InChI=1S/C23H14B2/c1-13-6-7-14-9-17-19-12-22-18(16-4-2-3-5-20(16)24-22)11-23(19)25-21(17)10-15(14)8-13/h2-12H,1H3. The third kappa shape index (κ3) is 1.85. The molecule has 2 aliphatic rings. The van der Waals surface area contributed by atoms with Crippen LogP contribution in [0, 0.1) is 6.92 Å². The van der Waals surface area contributed by atoms with Crippen molar-refractivity contribution in [2.75, 3.05) is 0 Å². The van der Waals surface area contributed by atoms with E-state index in [9.17, 15) is 0 Å². The summed E-state index contributed by atoms with van der Waals surface area (Å²) in [6, 6.07) is 24.8. The average molecular weight is 312 g/mol. The summed E-state index contributed by atoms with van der Waals surface area (Å²) in [5, 5.41) is 2.64. The summed E-state index contributed by atoms with van der Waals surface area (Å²) in [7, 11) is 4.65. The molecule has 0 N–H and O–H groups in total. The molecule has 0 aromatic heterocycles. The van der Waals surface area contributed by atoms with Gasteiger partial charge in [-0.05, 0) is 46.0 Å². The summed E-state index contributed by atoms with van der Waals surface area (Å²) in [4.78, 5) is 0. The minimum absolute atomic E-state index is 1.31. The van der Waals surface area contributed by atoms with Gasteiger partial charge in [-0.25, -0.2) is 0 Å². The molecule has 0 bridgehead atoms. The Bertz CT molecular complexity index is 1200. The fourth-order valence-electron chi connectivity index (χ4n) is 4.33. The van der Waals surface area contributed by atoms with Crippen molar-refractivity contribution in [3.8, 4) is 22.3 Å². The van der Waals surface area contributed by atoms with Gasteiger partial charge in [0.1, 0.15) is 0 Å². The van der Waals surface area contributed by atoms with E-state index in [1.165, 1.54) is 60.4 Å². The first-order valence-electron chi connectivity index (χ1n) is 8.78. The van der Waals surface area contributed by atoms with E-state index >= 15 is 0 Å². The molecule has 0 saturated carbocycles. The zero-order valence-corrected chi connectivity index (χ0v) is 14.0. The molecule has 2 heteroatoms. The Balaban J connectivity index is 1.57. The first-order valence-corrected chi connectivity index (χ1v) is 8.78. The van der Waals surface area contributed by atoms with E-state index in [1.807, 2.05) is 0 Å². The zero-order chi connectivity index (χ0) is 16.5. The predicted molar refractivity (Wildman–Crippen MR) is 110 cm³/mol. The van der Waals surface area contributed by atoms with E-state index in [0.717, 1.165) is 0 Å². The van der Waals surface area contributed by atoms with E-state index in [1.54, 1.807) is 0 Å². The highest BCUT2D eigenvalue weighted by Crippen LogP contribution is 2.28. The van der Waals surface area contributed by atoms with Gasteiger partial charge in [0.15, 0.2) is 14.6 Å². The molecule has 0 saturated heterocycles. The quantitative estimate of drug-likeness (QED) is 0.378. The van der Waals surface area contributed by atoms with Gasteiger partial charge in [-0.15, -0.1) is 0 Å². The van der Waals surface area contributed by atoms with Gasteiger partial charge in [-0.2, -0.15) is 0 Å². The Labute approximate surface area is 149 Å². The lowest BCUT2D eigenvalue weighted by atomic mass is 9.65. The van der Waals surface area contributed by atoms with Crippen LogP contribution in [0.3, 0.4) is 0 Å². The maximum absolute atomic E-state index is 2.37. The molecule has 2 heterocycles.